The quantitative estimate of drug-likeness (QED) is 0.467. The maximum Gasteiger partial charge on any atom is 0.494 e. The number of carbonyl (C=O) groups excluding carboxylic acids is 1. The van der Waals surface area contributed by atoms with Gasteiger partial charge < -0.3 is 18.9 Å². The largest absolute Gasteiger partial charge is 0.494 e. The predicted octanol–water partition coefficient (Wildman–Crippen LogP) is 4.25. The molecule has 0 aliphatic carbocycles. The van der Waals surface area contributed by atoms with E-state index >= 15 is 0 Å². The Hall–Kier alpha value is -2.64. The van der Waals surface area contributed by atoms with E-state index in [9.17, 15) is 4.79 Å². The summed E-state index contributed by atoms with van der Waals surface area (Å²) < 4.78 is 17.7. The van der Waals surface area contributed by atoms with Crippen LogP contribution in [0.4, 0.5) is 0 Å². The predicted molar refractivity (Wildman–Crippen MR) is 128 cm³/mol. The third-order valence-electron chi connectivity index (χ3n) is 6.75. The van der Waals surface area contributed by atoms with E-state index in [2.05, 4.69) is 5.16 Å². The minimum Gasteiger partial charge on any atom is -0.461 e. The molecule has 6 nitrogen and oxygen atoms in total. The molecule has 0 saturated carbocycles. The van der Waals surface area contributed by atoms with E-state index < -0.39 is 0 Å². The summed E-state index contributed by atoms with van der Waals surface area (Å²) >= 11 is 0. The van der Waals surface area contributed by atoms with Crippen LogP contribution >= 0.6 is 0 Å². The molecule has 174 valence electrons. The van der Waals surface area contributed by atoms with Crippen LogP contribution in [0.25, 0.3) is 0 Å². The van der Waals surface area contributed by atoms with Gasteiger partial charge in [-0.05, 0) is 44.3 Å². The summed E-state index contributed by atoms with van der Waals surface area (Å²) in [5, 5.41) is 4.27. The van der Waals surface area contributed by atoms with Crippen molar-refractivity contribution in [1.82, 2.24) is 0 Å². The summed E-state index contributed by atoms with van der Waals surface area (Å²) in [6.45, 7) is 10.3. The van der Waals surface area contributed by atoms with Gasteiger partial charge in [-0.25, -0.2) is 0 Å². The van der Waals surface area contributed by atoms with Crippen LogP contribution in [0.3, 0.4) is 0 Å². The van der Waals surface area contributed by atoms with E-state index in [1.807, 2.05) is 89.2 Å². The van der Waals surface area contributed by atoms with Gasteiger partial charge >= 0.3 is 13.1 Å². The van der Waals surface area contributed by atoms with Crippen molar-refractivity contribution in [3.8, 4) is 0 Å². The number of esters is 1. The Bertz CT molecular complexity index is 987. The molecular weight excluding hydrogens is 417 g/mol. The summed E-state index contributed by atoms with van der Waals surface area (Å²) in [5.74, 6) is -0.485. The highest BCUT2D eigenvalue weighted by molar-refractivity contribution is 6.62. The van der Waals surface area contributed by atoms with Gasteiger partial charge in [-0.3, -0.25) is 4.79 Å². The maximum atomic E-state index is 12.4. The number of rotatable bonds is 7. The van der Waals surface area contributed by atoms with Crippen LogP contribution in [-0.2, 0) is 30.3 Å². The third-order valence-corrected chi connectivity index (χ3v) is 6.75. The number of carbonyl (C=O) groups is 1. The van der Waals surface area contributed by atoms with Crippen LogP contribution in [0.15, 0.2) is 59.8 Å². The van der Waals surface area contributed by atoms with E-state index in [1.165, 1.54) is 0 Å². The lowest BCUT2D eigenvalue weighted by Crippen LogP contribution is -2.41. The summed E-state index contributed by atoms with van der Waals surface area (Å²) in [6, 6.07) is 17.7. The first-order valence-electron chi connectivity index (χ1n) is 11.5. The Morgan fingerprint density at radius 3 is 2.33 bits per heavy atom. The second-order valence-electron chi connectivity index (χ2n) is 9.91. The zero-order valence-electron chi connectivity index (χ0n) is 20.0. The van der Waals surface area contributed by atoms with Gasteiger partial charge in [0.15, 0.2) is 0 Å². The van der Waals surface area contributed by atoms with Crippen molar-refractivity contribution in [3.63, 3.8) is 0 Å². The molecule has 0 spiro atoms. The molecule has 2 heterocycles. The molecule has 2 aliphatic heterocycles. The van der Waals surface area contributed by atoms with Crippen LogP contribution in [0, 0.1) is 5.92 Å². The van der Waals surface area contributed by atoms with Gasteiger partial charge in [-0.2, -0.15) is 0 Å². The van der Waals surface area contributed by atoms with Crippen molar-refractivity contribution in [1.29, 1.82) is 0 Å². The van der Waals surface area contributed by atoms with Crippen molar-refractivity contribution < 1.29 is 23.7 Å². The van der Waals surface area contributed by atoms with Gasteiger partial charge in [0.1, 0.15) is 12.7 Å². The van der Waals surface area contributed by atoms with E-state index in [-0.39, 0.29) is 42.9 Å². The fraction of sp³-hybridized carbons (Fsp3) is 0.462. The lowest BCUT2D eigenvalue weighted by molar-refractivity contribution is -0.150. The van der Waals surface area contributed by atoms with Crippen LogP contribution in [-0.4, -0.2) is 36.1 Å². The van der Waals surface area contributed by atoms with Crippen LogP contribution in [0.5, 0.6) is 0 Å². The molecule has 0 amide bonds. The smallest absolute Gasteiger partial charge is 0.461 e. The van der Waals surface area contributed by atoms with Gasteiger partial charge in [0, 0.05) is 12.8 Å². The van der Waals surface area contributed by atoms with E-state index in [4.69, 9.17) is 18.9 Å². The van der Waals surface area contributed by atoms with Crippen molar-refractivity contribution >= 4 is 24.3 Å². The maximum absolute atomic E-state index is 12.4. The SMILES string of the molecule is C[C@@H](C[C@H]1CC(c2ccc(B3OC(C)(C)C(C)(C)O3)cc2)=NO1)C(=O)OCc1ccccc1. The molecule has 2 atom stereocenters. The fourth-order valence-corrected chi connectivity index (χ4v) is 3.90. The minimum absolute atomic E-state index is 0.137. The molecule has 7 heteroatoms. The number of hydrogen-bond donors (Lipinski definition) is 0. The summed E-state index contributed by atoms with van der Waals surface area (Å²) in [7, 11) is -0.388. The van der Waals surface area contributed by atoms with Crippen LogP contribution in [0.1, 0.15) is 58.6 Å². The van der Waals surface area contributed by atoms with Crippen molar-refractivity contribution in [3.05, 3.63) is 65.7 Å². The molecular formula is C26H32BNO5. The molecule has 0 aromatic heterocycles. The molecule has 2 aromatic carbocycles. The molecule has 4 rings (SSSR count). The van der Waals surface area contributed by atoms with E-state index in [0.29, 0.717) is 12.8 Å². The number of benzene rings is 2. The average Bonchev–Trinajstić information content (AvgIpc) is 3.34. The van der Waals surface area contributed by atoms with Gasteiger partial charge in [-0.1, -0.05) is 66.7 Å². The Balaban J connectivity index is 1.27. The van der Waals surface area contributed by atoms with Crippen LogP contribution in [0.2, 0.25) is 0 Å². The second kappa shape index (κ2) is 9.31. The molecule has 0 radical (unpaired) electrons. The Labute approximate surface area is 196 Å². The Morgan fingerprint density at radius 1 is 1.06 bits per heavy atom. The highest BCUT2D eigenvalue weighted by atomic mass is 16.7. The number of nitrogens with zero attached hydrogens (tertiary/aromatic N) is 1. The molecule has 2 aromatic rings. The van der Waals surface area contributed by atoms with Gasteiger partial charge in [0.2, 0.25) is 0 Å². The van der Waals surface area contributed by atoms with E-state index in [1.54, 1.807) is 0 Å². The number of hydrogen-bond acceptors (Lipinski definition) is 6. The Kier molecular flexibility index (Phi) is 6.64. The zero-order valence-corrected chi connectivity index (χ0v) is 20.0. The summed E-state index contributed by atoms with van der Waals surface area (Å²) in [6.07, 6.45) is 1.08. The van der Waals surface area contributed by atoms with Gasteiger partial charge in [0.25, 0.3) is 0 Å². The van der Waals surface area contributed by atoms with Crippen LogP contribution < -0.4 is 5.46 Å². The normalized spacial score (nSPS) is 21.9. The highest BCUT2D eigenvalue weighted by Gasteiger charge is 2.51. The van der Waals surface area contributed by atoms with Crippen molar-refractivity contribution in [2.24, 2.45) is 11.1 Å². The summed E-state index contributed by atoms with van der Waals surface area (Å²) in [4.78, 5) is 18.0. The second-order valence-corrected chi connectivity index (χ2v) is 9.91. The first kappa shape index (κ1) is 23.5. The highest BCUT2D eigenvalue weighted by Crippen LogP contribution is 2.36. The first-order chi connectivity index (χ1) is 15.6. The monoisotopic (exact) mass is 449 g/mol. The van der Waals surface area contributed by atoms with Gasteiger partial charge in [0.05, 0.1) is 22.8 Å². The lowest BCUT2D eigenvalue weighted by atomic mass is 9.78. The molecule has 1 saturated heterocycles. The third kappa shape index (κ3) is 5.31. The summed E-state index contributed by atoms with van der Waals surface area (Å²) in [5.41, 5.74) is 3.09. The molecule has 0 bridgehead atoms. The number of oxime groups is 1. The van der Waals surface area contributed by atoms with Crippen molar-refractivity contribution in [2.45, 2.75) is 71.4 Å². The molecule has 0 N–H and O–H groups in total. The van der Waals surface area contributed by atoms with Gasteiger partial charge in [-0.15, -0.1) is 0 Å². The first-order valence-corrected chi connectivity index (χ1v) is 11.5. The molecule has 0 unspecified atom stereocenters. The topological polar surface area (TPSA) is 66.3 Å². The number of ether oxygens (including phenoxy) is 1. The average molecular weight is 449 g/mol. The zero-order chi connectivity index (χ0) is 23.6. The van der Waals surface area contributed by atoms with E-state index in [0.717, 1.165) is 22.3 Å². The standard InChI is InChI=1S/C26H32BNO5/c1-18(24(29)30-17-19-9-7-6-8-10-19)15-22-16-23(28-31-22)20-11-13-21(14-12-20)27-32-25(2,3)26(4,5)33-27/h6-14,18,22H,15-17H2,1-5H3/t18-,22-/m0/s1. The fourth-order valence-electron chi connectivity index (χ4n) is 3.90. The lowest BCUT2D eigenvalue weighted by Gasteiger charge is -2.32. The molecule has 1 fully saturated rings. The minimum atomic E-state index is -0.388. The molecule has 33 heavy (non-hydrogen) atoms. The van der Waals surface area contributed by atoms with Crippen molar-refractivity contribution in [2.75, 3.05) is 0 Å². The molecule has 2 aliphatic rings. The Morgan fingerprint density at radius 2 is 1.70 bits per heavy atom.